The second-order valence-corrected chi connectivity index (χ2v) is 6.10. The molecule has 1 fully saturated rings. The van der Waals surface area contributed by atoms with E-state index in [1.807, 2.05) is 0 Å². The Balaban J connectivity index is 1.99. The summed E-state index contributed by atoms with van der Waals surface area (Å²) in [6.45, 7) is 4.80. The molecule has 1 aromatic carbocycles. The Bertz CT molecular complexity index is 422. The van der Waals surface area contributed by atoms with Gasteiger partial charge in [0.2, 0.25) is 5.91 Å². The van der Waals surface area contributed by atoms with Crippen LogP contribution in [0, 0.1) is 0 Å². The zero-order valence-corrected chi connectivity index (χ0v) is 12.3. The molecule has 0 aliphatic carbocycles. The Kier molecular flexibility index (Phi) is 5.73. The van der Waals surface area contributed by atoms with Crippen LogP contribution in [0.3, 0.4) is 0 Å². The molecule has 1 unspecified atom stereocenters. The van der Waals surface area contributed by atoms with Crippen LogP contribution in [0.4, 0.5) is 0 Å². The molecule has 2 rings (SSSR count). The summed E-state index contributed by atoms with van der Waals surface area (Å²) in [6.07, 6.45) is 3.21. The van der Waals surface area contributed by atoms with E-state index in [9.17, 15) is 4.79 Å². The molecule has 0 spiro atoms. The van der Waals surface area contributed by atoms with Gasteiger partial charge in [-0.05, 0) is 37.1 Å². The maximum atomic E-state index is 11.9. The molecule has 1 amide bonds. The van der Waals surface area contributed by atoms with Crippen LogP contribution in [-0.2, 0) is 11.3 Å². The predicted molar refractivity (Wildman–Crippen MR) is 80.3 cm³/mol. The van der Waals surface area contributed by atoms with E-state index in [2.05, 4.69) is 41.8 Å². The summed E-state index contributed by atoms with van der Waals surface area (Å²) in [4.78, 5) is 13.1. The van der Waals surface area contributed by atoms with Gasteiger partial charge in [0.25, 0.3) is 0 Å². The third kappa shape index (κ3) is 4.55. The summed E-state index contributed by atoms with van der Waals surface area (Å²) >= 11 is 1.69. The van der Waals surface area contributed by atoms with Crippen molar-refractivity contribution in [3.63, 3.8) is 0 Å². The van der Waals surface area contributed by atoms with Crippen molar-refractivity contribution in [3.8, 4) is 0 Å². The molecule has 1 aliphatic heterocycles. The SMILES string of the molecule is CCNCc1cccc(SC2CCCCNC2=O)c1. The fourth-order valence-electron chi connectivity index (χ4n) is 2.19. The topological polar surface area (TPSA) is 41.1 Å². The molecule has 0 radical (unpaired) electrons. The molecule has 19 heavy (non-hydrogen) atoms. The van der Waals surface area contributed by atoms with Crippen molar-refractivity contribution in [1.82, 2.24) is 10.6 Å². The lowest BCUT2D eigenvalue weighted by atomic mass is 10.2. The first kappa shape index (κ1) is 14.4. The van der Waals surface area contributed by atoms with Crippen LogP contribution in [0.15, 0.2) is 29.2 Å². The Hall–Kier alpha value is -1.00. The number of hydrogen-bond acceptors (Lipinski definition) is 3. The highest BCUT2D eigenvalue weighted by molar-refractivity contribution is 8.00. The van der Waals surface area contributed by atoms with Gasteiger partial charge >= 0.3 is 0 Å². The van der Waals surface area contributed by atoms with Gasteiger partial charge in [-0.2, -0.15) is 0 Å². The van der Waals surface area contributed by atoms with E-state index < -0.39 is 0 Å². The van der Waals surface area contributed by atoms with Gasteiger partial charge in [-0.3, -0.25) is 4.79 Å². The summed E-state index contributed by atoms with van der Waals surface area (Å²) in [7, 11) is 0. The first-order valence-electron chi connectivity index (χ1n) is 7.03. The zero-order valence-electron chi connectivity index (χ0n) is 11.4. The van der Waals surface area contributed by atoms with Gasteiger partial charge in [-0.1, -0.05) is 25.5 Å². The molecule has 1 aromatic rings. The van der Waals surface area contributed by atoms with E-state index in [0.29, 0.717) is 0 Å². The lowest BCUT2D eigenvalue weighted by Crippen LogP contribution is -2.30. The number of carbonyl (C=O) groups is 1. The van der Waals surface area contributed by atoms with Gasteiger partial charge in [-0.15, -0.1) is 11.8 Å². The molecule has 3 nitrogen and oxygen atoms in total. The number of amides is 1. The molecule has 0 bridgehead atoms. The highest BCUT2D eigenvalue weighted by atomic mass is 32.2. The minimum Gasteiger partial charge on any atom is -0.355 e. The van der Waals surface area contributed by atoms with E-state index >= 15 is 0 Å². The maximum Gasteiger partial charge on any atom is 0.233 e. The van der Waals surface area contributed by atoms with Crippen LogP contribution < -0.4 is 10.6 Å². The van der Waals surface area contributed by atoms with Crippen molar-refractivity contribution in [2.24, 2.45) is 0 Å². The van der Waals surface area contributed by atoms with Crippen molar-refractivity contribution >= 4 is 17.7 Å². The maximum absolute atomic E-state index is 11.9. The van der Waals surface area contributed by atoms with Crippen molar-refractivity contribution < 1.29 is 4.79 Å². The fourth-order valence-corrected chi connectivity index (χ4v) is 3.37. The number of carbonyl (C=O) groups excluding carboxylic acids is 1. The molecule has 2 N–H and O–H groups in total. The van der Waals surface area contributed by atoms with Crippen molar-refractivity contribution in [3.05, 3.63) is 29.8 Å². The molecule has 4 heteroatoms. The summed E-state index contributed by atoms with van der Waals surface area (Å²) in [5, 5.41) is 6.38. The smallest absolute Gasteiger partial charge is 0.233 e. The zero-order chi connectivity index (χ0) is 13.5. The van der Waals surface area contributed by atoms with E-state index in [-0.39, 0.29) is 11.2 Å². The summed E-state index contributed by atoms with van der Waals surface area (Å²) < 4.78 is 0. The molecule has 1 aliphatic rings. The Morgan fingerprint density at radius 2 is 2.32 bits per heavy atom. The van der Waals surface area contributed by atoms with E-state index in [1.54, 1.807) is 11.8 Å². The number of nitrogens with one attached hydrogen (secondary N) is 2. The molecule has 1 atom stereocenters. The van der Waals surface area contributed by atoms with Crippen LogP contribution in [0.5, 0.6) is 0 Å². The van der Waals surface area contributed by atoms with Gasteiger partial charge in [0.05, 0.1) is 5.25 Å². The number of rotatable bonds is 5. The fraction of sp³-hybridized carbons (Fsp3) is 0.533. The van der Waals surface area contributed by atoms with Crippen LogP contribution in [0.2, 0.25) is 0 Å². The molecule has 0 saturated carbocycles. The largest absolute Gasteiger partial charge is 0.355 e. The lowest BCUT2D eigenvalue weighted by molar-refractivity contribution is -0.120. The summed E-state index contributed by atoms with van der Waals surface area (Å²) in [5.41, 5.74) is 1.28. The van der Waals surface area contributed by atoms with Gasteiger partial charge in [0.15, 0.2) is 0 Å². The van der Waals surface area contributed by atoms with Gasteiger partial charge in [0, 0.05) is 18.0 Å². The van der Waals surface area contributed by atoms with Crippen molar-refractivity contribution in [1.29, 1.82) is 0 Å². The lowest BCUT2D eigenvalue weighted by Gasteiger charge is -2.13. The number of benzene rings is 1. The third-order valence-electron chi connectivity index (χ3n) is 3.24. The Labute approximate surface area is 119 Å². The average Bonchev–Trinajstić information content (AvgIpc) is 2.62. The molecule has 0 aromatic heterocycles. The van der Waals surface area contributed by atoms with Crippen LogP contribution in [0.1, 0.15) is 31.7 Å². The number of hydrogen-bond donors (Lipinski definition) is 2. The predicted octanol–water partition coefficient (Wildman–Crippen LogP) is 2.56. The first-order valence-corrected chi connectivity index (χ1v) is 7.91. The third-order valence-corrected chi connectivity index (χ3v) is 4.50. The van der Waals surface area contributed by atoms with Gasteiger partial charge in [-0.25, -0.2) is 0 Å². The van der Waals surface area contributed by atoms with Crippen LogP contribution in [0.25, 0.3) is 0 Å². The minimum atomic E-state index is 0.0666. The highest BCUT2D eigenvalue weighted by Gasteiger charge is 2.21. The monoisotopic (exact) mass is 278 g/mol. The Morgan fingerprint density at radius 1 is 1.42 bits per heavy atom. The highest BCUT2D eigenvalue weighted by Crippen LogP contribution is 2.28. The van der Waals surface area contributed by atoms with E-state index in [4.69, 9.17) is 0 Å². The molecular formula is C15H22N2OS. The van der Waals surface area contributed by atoms with Gasteiger partial charge in [0.1, 0.15) is 0 Å². The first-order chi connectivity index (χ1) is 9.29. The van der Waals surface area contributed by atoms with E-state index in [1.165, 1.54) is 10.5 Å². The van der Waals surface area contributed by atoms with E-state index in [0.717, 1.165) is 38.9 Å². The number of thioether (sulfide) groups is 1. The summed E-state index contributed by atoms with van der Waals surface area (Å²) in [5.74, 6) is 0.194. The van der Waals surface area contributed by atoms with Crippen molar-refractivity contribution in [2.45, 2.75) is 42.9 Å². The molecule has 1 saturated heterocycles. The van der Waals surface area contributed by atoms with Crippen LogP contribution >= 0.6 is 11.8 Å². The average molecular weight is 278 g/mol. The minimum absolute atomic E-state index is 0.0666. The van der Waals surface area contributed by atoms with Crippen molar-refractivity contribution in [2.75, 3.05) is 13.1 Å². The second kappa shape index (κ2) is 7.56. The molecule has 1 heterocycles. The quantitative estimate of drug-likeness (QED) is 0.870. The normalized spacial score (nSPS) is 19.8. The van der Waals surface area contributed by atoms with Crippen LogP contribution in [-0.4, -0.2) is 24.2 Å². The summed E-state index contributed by atoms with van der Waals surface area (Å²) in [6, 6.07) is 8.48. The standard InChI is InChI=1S/C15H22N2OS/c1-2-16-11-12-6-5-7-13(10-12)19-14-8-3-4-9-17-15(14)18/h5-7,10,14,16H,2-4,8-9,11H2,1H3,(H,17,18). The molecular weight excluding hydrogens is 256 g/mol. The molecule has 104 valence electrons. The second-order valence-electron chi connectivity index (χ2n) is 4.82. The Morgan fingerprint density at radius 3 is 3.16 bits per heavy atom. The van der Waals surface area contributed by atoms with Gasteiger partial charge < -0.3 is 10.6 Å².